The first-order valence-electron chi connectivity index (χ1n) is 6.61. The number of carbonyl (C=O) groups is 1. The van der Waals surface area contributed by atoms with Crippen LogP contribution in [0.2, 0.25) is 0 Å². The van der Waals surface area contributed by atoms with E-state index in [2.05, 4.69) is 6.92 Å². The first-order valence-corrected chi connectivity index (χ1v) is 6.61. The van der Waals surface area contributed by atoms with Gasteiger partial charge >= 0.3 is 0 Å². The van der Waals surface area contributed by atoms with Gasteiger partial charge in [-0.2, -0.15) is 0 Å². The van der Waals surface area contributed by atoms with E-state index < -0.39 is 0 Å². The Kier molecular flexibility index (Phi) is 3.41. The lowest BCUT2D eigenvalue weighted by Crippen LogP contribution is -2.21. The fourth-order valence-electron chi connectivity index (χ4n) is 2.88. The Labute approximate surface area is 103 Å². The summed E-state index contributed by atoms with van der Waals surface area (Å²) < 4.78 is 5.56. The highest BCUT2D eigenvalue weighted by atomic mass is 16.3. The summed E-state index contributed by atoms with van der Waals surface area (Å²) in [5.41, 5.74) is 1.88. The Bertz CT molecular complexity index is 420. The molecule has 0 N–H and O–H groups in total. The van der Waals surface area contributed by atoms with E-state index in [9.17, 15) is 4.79 Å². The second kappa shape index (κ2) is 4.67. The number of hydrogen-bond donors (Lipinski definition) is 0. The van der Waals surface area contributed by atoms with Crippen molar-refractivity contribution in [2.45, 2.75) is 53.4 Å². The highest BCUT2D eigenvalue weighted by Gasteiger charge is 2.29. The van der Waals surface area contributed by atoms with Gasteiger partial charge in [-0.25, -0.2) is 0 Å². The first kappa shape index (κ1) is 12.4. The molecular weight excluding hydrogens is 212 g/mol. The predicted octanol–water partition coefficient (Wildman–Crippen LogP) is 4.21. The summed E-state index contributed by atoms with van der Waals surface area (Å²) >= 11 is 0. The monoisotopic (exact) mass is 234 g/mol. The molecule has 1 aromatic heterocycles. The highest BCUT2D eigenvalue weighted by molar-refractivity contribution is 6.00. The number of carbonyl (C=O) groups excluding carboxylic acids is 1. The van der Waals surface area contributed by atoms with Crippen LogP contribution in [0, 0.1) is 32.6 Å². The summed E-state index contributed by atoms with van der Waals surface area (Å²) in [6, 6.07) is 0. The third-order valence-corrected chi connectivity index (χ3v) is 4.19. The van der Waals surface area contributed by atoms with Gasteiger partial charge in [-0.1, -0.05) is 19.8 Å². The third kappa shape index (κ3) is 2.31. The normalized spacial score (nSPS) is 24.9. The van der Waals surface area contributed by atoms with Gasteiger partial charge in [0.15, 0.2) is 5.78 Å². The average Bonchev–Trinajstić information content (AvgIpc) is 2.53. The van der Waals surface area contributed by atoms with Crippen molar-refractivity contribution < 1.29 is 9.21 Å². The fourth-order valence-corrected chi connectivity index (χ4v) is 2.88. The Morgan fingerprint density at radius 1 is 1.06 bits per heavy atom. The van der Waals surface area contributed by atoms with Gasteiger partial charge in [0.25, 0.3) is 0 Å². The van der Waals surface area contributed by atoms with E-state index in [1.807, 2.05) is 20.8 Å². The number of ketones is 1. The van der Waals surface area contributed by atoms with Gasteiger partial charge in [0, 0.05) is 11.5 Å². The molecule has 1 aliphatic rings. The minimum Gasteiger partial charge on any atom is -0.466 e. The number of rotatable bonds is 2. The van der Waals surface area contributed by atoms with Gasteiger partial charge in [-0.15, -0.1) is 0 Å². The van der Waals surface area contributed by atoms with E-state index in [0.717, 1.165) is 41.4 Å². The molecule has 1 heterocycles. The van der Waals surface area contributed by atoms with Crippen LogP contribution in [0.25, 0.3) is 0 Å². The predicted molar refractivity (Wildman–Crippen MR) is 68.4 cm³/mol. The molecular formula is C15H22O2. The SMILES string of the molecule is Cc1oc(C)c(C(=O)C2CCC(C)CC2)c1C. The van der Waals surface area contributed by atoms with Gasteiger partial charge in [-0.05, 0) is 39.5 Å². The molecule has 2 nitrogen and oxygen atoms in total. The van der Waals surface area contributed by atoms with Crippen molar-refractivity contribution in [1.82, 2.24) is 0 Å². The van der Waals surface area contributed by atoms with Crippen LogP contribution >= 0.6 is 0 Å². The summed E-state index contributed by atoms with van der Waals surface area (Å²) in [4.78, 5) is 12.5. The molecule has 0 aromatic carbocycles. The number of furan rings is 1. The summed E-state index contributed by atoms with van der Waals surface area (Å²) in [5.74, 6) is 3.00. The molecule has 2 heteroatoms. The molecule has 0 spiro atoms. The van der Waals surface area contributed by atoms with Crippen molar-refractivity contribution in [3.63, 3.8) is 0 Å². The topological polar surface area (TPSA) is 30.2 Å². The molecule has 0 unspecified atom stereocenters. The van der Waals surface area contributed by atoms with Crippen molar-refractivity contribution in [3.05, 3.63) is 22.6 Å². The van der Waals surface area contributed by atoms with E-state index in [1.54, 1.807) is 0 Å². The van der Waals surface area contributed by atoms with Gasteiger partial charge in [-0.3, -0.25) is 4.79 Å². The van der Waals surface area contributed by atoms with Crippen LogP contribution < -0.4 is 0 Å². The van der Waals surface area contributed by atoms with Crippen molar-refractivity contribution in [2.75, 3.05) is 0 Å². The Morgan fingerprint density at radius 3 is 2.12 bits per heavy atom. The second-order valence-corrected chi connectivity index (χ2v) is 5.54. The van der Waals surface area contributed by atoms with E-state index in [4.69, 9.17) is 4.42 Å². The zero-order valence-electron chi connectivity index (χ0n) is 11.3. The van der Waals surface area contributed by atoms with Gasteiger partial charge in [0.2, 0.25) is 0 Å². The van der Waals surface area contributed by atoms with E-state index in [0.29, 0.717) is 5.78 Å². The lowest BCUT2D eigenvalue weighted by molar-refractivity contribution is 0.0873. The third-order valence-electron chi connectivity index (χ3n) is 4.19. The van der Waals surface area contributed by atoms with Crippen LogP contribution in [0.15, 0.2) is 4.42 Å². The van der Waals surface area contributed by atoms with E-state index in [1.165, 1.54) is 12.8 Å². The smallest absolute Gasteiger partial charge is 0.169 e. The molecule has 2 rings (SSSR count). The van der Waals surface area contributed by atoms with Crippen molar-refractivity contribution in [2.24, 2.45) is 11.8 Å². The fraction of sp³-hybridized carbons (Fsp3) is 0.667. The molecule has 1 saturated carbocycles. The summed E-state index contributed by atoms with van der Waals surface area (Å²) in [7, 11) is 0. The van der Waals surface area contributed by atoms with Crippen molar-refractivity contribution >= 4 is 5.78 Å². The standard InChI is InChI=1S/C15H22O2/c1-9-5-7-13(8-6-9)15(16)14-10(2)11(3)17-12(14)4/h9,13H,5-8H2,1-4H3. The number of aryl methyl sites for hydroxylation is 2. The summed E-state index contributed by atoms with van der Waals surface area (Å²) in [6.07, 6.45) is 4.46. The second-order valence-electron chi connectivity index (χ2n) is 5.54. The molecule has 0 radical (unpaired) electrons. The molecule has 0 aliphatic heterocycles. The Balaban J connectivity index is 2.20. The quantitative estimate of drug-likeness (QED) is 0.717. The molecule has 0 atom stereocenters. The zero-order chi connectivity index (χ0) is 12.6. The van der Waals surface area contributed by atoms with Crippen LogP contribution in [-0.2, 0) is 0 Å². The molecule has 0 amide bonds. The van der Waals surface area contributed by atoms with Crippen LogP contribution in [0.1, 0.15) is 60.0 Å². The number of Topliss-reactive ketones (excluding diaryl/α,β-unsaturated/α-hetero) is 1. The Morgan fingerprint density at radius 2 is 1.65 bits per heavy atom. The summed E-state index contributed by atoms with van der Waals surface area (Å²) in [5, 5.41) is 0. The maximum atomic E-state index is 12.5. The van der Waals surface area contributed by atoms with E-state index >= 15 is 0 Å². The molecule has 94 valence electrons. The van der Waals surface area contributed by atoms with E-state index in [-0.39, 0.29) is 5.92 Å². The summed E-state index contributed by atoms with van der Waals surface area (Å²) in [6.45, 7) is 8.10. The minimum atomic E-state index is 0.223. The Hall–Kier alpha value is -1.05. The van der Waals surface area contributed by atoms with Gasteiger partial charge in [0.1, 0.15) is 11.5 Å². The van der Waals surface area contributed by atoms with Crippen LogP contribution in [0.5, 0.6) is 0 Å². The maximum absolute atomic E-state index is 12.5. The van der Waals surface area contributed by atoms with Crippen LogP contribution in [0.3, 0.4) is 0 Å². The number of hydrogen-bond acceptors (Lipinski definition) is 2. The molecule has 1 aromatic rings. The largest absolute Gasteiger partial charge is 0.466 e. The van der Waals surface area contributed by atoms with Crippen molar-refractivity contribution in [1.29, 1.82) is 0 Å². The van der Waals surface area contributed by atoms with Gasteiger partial charge in [0.05, 0.1) is 5.56 Å². The zero-order valence-corrected chi connectivity index (χ0v) is 11.3. The minimum absolute atomic E-state index is 0.223. The maximum Gasteiger partial charge on any atom is 0.169 e. The van der Waals surface area contributed by atoms with Crippen LogP contribution in [0.4, 0.5) is 0 Å². The molecule has 17 heavy (non-hydrogen) atoms. The highest BCUT2D eigenvalue weighted by Crippen LogP contribution is 2.33. The first-order chi connectivity index (χ1) is 8.00. The average molecular weight is 234 g/mol. The van der Waals surface area contributed by atoms with Gasteiger partial charge < -0.3 is 4.42 Å². The lowest BCUT2D eigenvalue weighted by Gasteiger charge is -2.25. The molecule has 1 fully saturated rings. The lowest BCUT2D eigenvalue weighted by atomic mass is 9.79. The molecule has 0 bridgehead atoms. The van der Waals surface area contributed by atoms with Crippen LogP contribution in [-0.4, -0.2) is 5.78 Å². The van der Waals surface area contributed by atoms with Crippen molar-refractivity contribution in [3.8, 4) is 0 Å². The molecule has 0 saturated heterocycles. The molecule has 1 aliphatic carbocycles.